The zero-order valence-corrected chi connectivity index (χ0v) is 16.1. The minimum atomic E-state index is -0.901. The predicted octanol–water partition coefficient (Wildman–Crippen LogP) is 3.53. The molecule has 142 valence electrons. The van der Waals surface area contributed by atoms with Crippen LogP contribution >= 0.6 is 0 Å². The lowest BCUT2D eigenvalue weighted by Gasteiger charge is -2.47. The second-order valence-electron chi connectivity index (χ2n) is 7.33. The van der Waals surface area contributed by atoms with Crippen LogP contribution in [0.5, 0.6) is 5.75 Å². The van der Waals surface area contributed by atoms with Crippen molar-refractivity contribution in [1.82, 2.24) is 4.90 Å². The maximum absolute atomic E-state index is 11.2. The summed E-state index contributed by atoms with van der Waals surface area (Å²) < 4.78 is 6.01. The second-order valence-corrected chi connectivity index (χ2v) is 7.33. The van der Waals surface area contributed by atoms with Gasteiger partial charge in [0.2, 0.25) is 6.19 Å². The van der Waals surface area contributed by atoms with Crippen molar-refractivity contribution < 1.29 is 9.84 Å². The third-order valence-electron chi connectivity index (χ3n) is 5.00. The molecule has 1 aliphatic heterocycles. The molecule has 0 saturated carbocycles. The number of aliphatic imine (C=N–C) groups is 1. The summed E-state index contributed by atoms with van der Waals surface area (Å²) in [7, 11) is 0. The molecule has 0 aromatic heterocycles. The molecule has 2 atom stereocenters. The minimum absolute atomic E-state index is 0.450. The Morgan fingerprint density at radius 2 is 1.93 bits per heavy atom. The van der Waals surface area contributed by atoms with Gasteiger partial charge in [0.05, 0.1) is 17.7 Å². The van der Waals surface area contributed by atoms with E-state index in [2.05, 4.69) is 11.1 Å². The highest BCUT2D eigenvalue weighted by Gasteiger charge is 2.46. The van der Waals surface area contributed by atoms with Crippen LogP contribution in [-0.2, 0) is 6.54 Å². The molecule has 0 fully saturated rings. The Balaban J connectivity index is 2.16. The molecule has 1 N–H and O–H groups in total. The summed E-state index contributed by atoms with van der Waals surface area (Å²) in [5.41, 5.74) is 1.35. The maximum Gasteiger partial charge on any atom is 0.207 e. The van der Waals surface area contributed by atoms with Gasteiger partial charge in [-0.25, -0.2) is 0 Å². The van der Waals surface area contributed by atoms with Crippen molar-refractivity contribution >= 4 is 5.84 Å². The van der Waals surface area contributed by atoms with E-state index in [1.54, 1.807) is 25.1 Å². The van der Waals surface area contributed by atoms with Crippen LogP contribution in [0.3, 0.4) is 0 Å². The number of benzene rings is 2. The highest BCUT2D eigenvalue weighted by atomic mass is 16.5. The third kappa shape index (κ3) is 3.69. The van der Waals surface area contributed by atoms with E-state index in [1.807, 2.05) is 55.3 Å². The minimum Gasteiger partial charge on any atom is -0.485 e. The number of fused-ring (bicyclic) bond motifs is 1. The summed E-state index contributed by atoms with van der Waals surface area (Å²) in [6.07, 6.45) is 0.935. The summed E-state index contributed by atoms with van der Waals surface area (Å²) in [4.78, 5) is 5.82. The normalized spacial score (nSPS) is 20.3. The van der Waals surface area contributed by atoms with Gasteiger partial charge in [0.15, 0.2) is 0 Å². The highest BCUT2D eigenvalue weighted by molar-refractivity contribution is 5.81. The van der Waals surface area contributed by atoms with Gasteiger partial charge >= 0.3 is 0 Å². The fourth-order valence-corrected chi connectivity index (χ4v) is 3.51. The van der Waals surface area contributed by atoms with Gasteiger partial charge in [-0.2, -0.15) is 15.5 Å². The Kier molecular flexibility index (Phi) is 5.35. The van der Waals surface area contributed by atoms with Gasteiger partial charge in [-0.05, 0) is 44.5 Å². The van der Waals surface area contributed by atoms with Gasteiger partial charge in [-0.15, -0.1) is 0 Å². The lowest BCUT2D eigenvalue weighted by Crippen LogP contribution is -2.54. The van der Waals surface area contributed by atoms with E-state index in [-0.39, 0.29) is 0 Å². The van der Waals surface area contributed by atoms with Crippen molar-refractivity contribution in [3.05, 3.63) is 65.2 Å². The Morgan fingerprint density at radius 3 is 2.57 bits per heavy atom. The fraction of sp³-hybridized carbons (Fsp3) is 0.318. The van der Waals surface area contributed by atoms with Crippen LogP contribution in [0.25, 0.3) is 0 Å². The van der Waals surface area contributed by atoms with Crippen molar-refractivity contribution in [1.29, 1.82) is 10.5 Å². The van der Waals surface area contributed by atoms with Crippen molar-refractivity contribution in [2.45, 2.75) is 45.1 Å². The number of ether oxygens (including phenoxy) is 1. The Labute approximate surface area is 164 Å². The predicted molar refractivity (Wildman–Crippen MR) is 105 cm³/mol. The van der Waals surface area contributed by atoms with Crippen molar-refractivity contribution in [2.75, 3.05) is 0 Å². The van der Waals surface area contributed by atoms with Gasteiger partial charge in [0.25, 0.3) is 0 Å². The van der Waals surface area contributed by atoms with E-state index in [9.17, 15) is 10.4 Å². The zero-order chi connectivity index (χ0) is 20.3. The average molecular weight is 374 g/mol. The first-order valence-corrected chi connectivity index (χ1v) is 9.02. The number of aliphatic hydroxyl groups excluding tert-OH is 1. The number of hydrogen-bond donors (Lipinski definition) is 1. The molecular formula is C22H22N4O2. The zero-order valence-electron chi connectivity index (χ0n) is 16.1. The summed E-state index contributed by atoms with van der Waals surface area (Å²) >= 11 is 0. The average Bonchev–Trinajstić information content (AvgIpc) is 2.68. The lowest BCUT2D eigenvalue weighted by atomic mass is 9.84. The first-order chi connectivity index (χ1) is 13.4. The Morgan fingerprint density at radius 1 is 1.21 bits per heavy atom. The topological polar surface area (TPSA) is 92.6 Å². The molecule has 6 nitrogen and oxygen atoms in total. The number of nitrogens with zero attached hydrogens (tertiary/aromatic N) is 4. The standard InChI is InChI=1S/C22H22N4O2/c1-15(25-14-24)26(13-16-7-5-4-6-8-16)20-18-11-17(12-23)9-10-19(18)28-22(2,3)21(20)27/h4-11,20-21,27H,13H2,1-3H3/t20-,21+/m1/s1. The molecule has 0 saturated heterocycles. The first kappa shape index (κ1) is 19.4. The molecule has 0 spiro atoms. The molecule has 1 aliphatic rings. The van der Waals surface area contributed by atoms with Crippen LogP contribution in [0.15, 0.2) is 53.5 Å². The molecule has 2 aromatic carbocycles. The van der Waals surface area contributed by atoms with E-state index in [0.29, 0.717) is 29.3 Å². The van der Waals surface area contributed by atoms with Gasteiger partial charge in [0.1, 0.15) is 23.3 Å². The molecule has 0 amide bonds. The quantitative estimate of drug-likeness (QED) is 0.504. The smallest absolute Gasteiger partial charge is 0.207 e. The number of rotatable bonds is 3. The Bertz CT molecular complexity index is 970. The van der Waals surface area contributed by atoms with E-state index < -0.39 is 17.7 Å². The monoisotopic (exact) mass is 374 g/mol. The molecule has 28 heavy (non-hydrogen) atoms. The lowest BCUT2D eigenvalue weighted by molar-refractivity contribution is -0.0828. The molecule has 6 heteroatoms. The van der Waals surface area contributed by atoms with Crippen molar-refractivity contribution in [3.8, 4) is 18.0 Å². The van der Waals surface area contributed by atoms with Gasteiger partial charge in [-0.1, -0.05) is 30.3 Å². The highest BCUT2D eigenvalue weighted by Crippen LogP contribution is 2.43. The molecule has 0 radical (unpaired) electrons. The summed E-state index contributed by atoms with van der Waals surface area (Å²) in [6.45, 7) is 5.84. The Hall–Kier alpha value is -3.35. The molecule has 3 rings (SSSR count). The maximum atomic E-state index is 11.2. The number of nitriles is 2. The van der Waals surface area contributed by atoms with Gasteiger partial charge < -0.3 is 14.7 Å². The van der Waals surface area contributed by atoms with Crippen LogP contribution in [0.1, 0.15) is 43.5 Å². The molecule has 2 aromatic rings. The van der Waals surface area contributed by atoms with Gasteiger partial charge in [-0.3, -0.25) is 0 Å². The van der Waals surface area contributed by atoms with Crippen molar-refractivity contribution in [3.63, 3.8) is 0 Å². The number of amidine groups is 1. The third-order valence-corrected chi connectivity index (χ3v) is 5.00. The summed E-state index contributed by atoms with van der Waals surface area (Å²) in [6, 6.07) is 16.6. The fourth-order valence-electron chi connectivity index (χ4n) is 3.51. The van der Waals surface area contributed by atoms with Crippen LogP contribution in [0, 0.1) is 22.8 Å². The van der Waals surface area contributed by atoms with E-state index in [1.165, 1.54) is 0 Å². The number of aliphatic hydroxyl groups is 1. The van der Waals surface area contributed by atoms with E-state index in [0.717, 1.165) is 5.56 Å². The molecule has 1 heterocycles. The van der Waals surface area contributed by atoms with E-state index in [4.69, 9.17) is 10.00 Å². The molecule has 0 aliphatic carbocycles. The number of hydrogen-bond acceptors (Lipinski definition) is 5. The second kappa shape index (κ2) is 7.72. The summed E-state index contributed by atoms with van der Waals surface area (Å²) in [5.74, 6) is 1.10. The largest absolute Gasteiger partial charge is 0.485 e. The molecule has 0 bridgehead atoms. The van der Waals surface area contributed by atoms with Crippen LogP contribution < -0.4 is 4.74 Å². The van der Waals surface area contributed by atoms with E-state index >= 15 is 0 Å². The molecule has 0 unspecified atom stereocenters. The van der Waals surface area contributed by atoms with Crippen LogP contribution in [0.4, 0.5) is 0 Å². The summed E-state index contributed by atoms with van der Waals surface area (Å²) in [5, 5.41) is 29.6. The van der Waals surface area contributed by atoms with Gasteiger partial charge in [0, 0.05) is 12.1 Å². The van der Waals surface area contributed by atoms with Crippen LogP contribution in [-0.4, -0.2) is 27.5 Å². The first-order valence-electron chi connectivity index (χ1n) is 9.02. The molecular weight excluding hydrogens is 352 g/mol. The van der Waals surface area contributed by atoms with Crippen LogP contribution in [0.2, 0.25) is 0 Å². The van der Waals surface area contributed by atoms with Crippen molar-refractivity contribution in [2.24, 2.45) is 4.99 Å². The SMILES string of the molecule is CC(=NC#N)N(Cc1ccccc1)[C@@H]1c2cc(C#N)ccc2OC(C)(C)[C@H]1O.